The van der Waals surface area contributed by atoms with Gasteiger partial charge in [0.15, 0.2) is 0 Å². The van der Waals surface area contributed by atoms with Gasteiger partial charge in [0.25, 0.3) is 0 Å². The Morgan fingerprint density at radius 1 is 0.733 bits per heavy atom. The number of likely N-dealkylation sites (tertiary alicyclic amines) is 1. The number of rotatable bonds is 19. The first-order valence-corrected chi connectivity index (χ1v) is 21.8. The molecule has 0 atom stereocenters. The minimum absolute atomic E-state index is 0.108. The lowest BCUT2D eigenvalue weighted by molar-refractivity contribution is -0.134. The van der Waals surface area contributed by atoms with E-state index >= 15 is 0 Å². The normalized spacial score (nSPS) is 14.2. The van der Waals surface area contributed by atoms with E-state index in [1.807, 2.05) is 115 Å². The van der Waals surface area contributed by atoms with Crippen molar-refractivity contribution in [3.63, 3.8) is 0 Å². The maximum Gasteiger partial charge on any atom is 0.240 e. The van der Waals surface area contributed by atoms with Gasteiger partial charge in [-0.05, 0) is 128 Å². The number of sulfonamides is 1. The summed E-state index contributed by atoms with van der Waals surface area (Å²) in [6.07, 6.45) is 3.83. The van der Waals surface area contributed by atoms with Crippen molar-refractivity contribution in [2.45, 2.75) is 49.0 Å². The van der Waals surface area contributed by atoms with Crippen molar-refractivity contribution < 1.29 is 27.4 Å². The van der Waals surface area contributed by atoms with Crippen LogP contribution in [0.25, 0.3) is 0 Å². The molecule has 60 heavy (non-hydrogen) atoms. The first-order valence-electron chi connectivity index (χ1n) is 20.4. The molecule has 1 N–H and O–H groups in total. The summed E-state index contributed by atoms with van der Waals surface area (Å²) < 4.78 is 46.7. The molecule has 1 heterocycles. The van der Waals surface area contributed by atoms with Crippen molar-refractivity contribution in [3.05, 3.63) is 151 Å². The van der Waals surface area contributed by atoms with Gasteiger partial charge >= 0.3 is 0 Å². The van der Waals surface area contributed by atoms with Crippen LogP contribution in [0.3, 0.4) is 0 Å². The van der Waals surface area contributed by atoms with Crippen LogP contribution in [0, 0.1) is 12.3 Å². The summed E-state index contributed by atoms with van der Waals surface area (Å²) in [4.78, 5) is 17.4. The summed E-state index contributed by atoms with van der Waals surface area (Å²) in [6.45, 7) is 6.51. The van der Waals surface area contributed by atoms with Crippen LogP contribution in [0.4, 0.5) is 17.1 Å². The Morgan fingerprint density at radius 2 is 1.25 bits per heavy atom. The quantitative estimate of drug-likeness (QED) is 0.0500. The summed E-state index contributed by atoms with van der Waals surface area (Å²) >= 11 is 0. The van der Waals surface area contributed by atoms with Crippen molar-refractivity contribution in [1.29, 1.82) is 0 Å². The van der Waals surface area contributed by atoms with E-state index in [2.05, 4.69) is 34.0 Å². The molecule has 11 nitrogen and oxygen atoms in total. The molecule has 5 aromatic carbocycles. The Hall–Kier alpha value is -5.56. The van der Waals surface area contributed by atoms with Gasteiger partial charge in [-0.1, -0.05) is 61.0 Å². The molecule has 315 valence electrons. The second-order valence-electron chi connectivity index (χ2n) is 15.5. The highest BCUT2D eigenvalue weighted by Crippen LogP contribution is 2.44. The minimum Gasteiger partial charge on any atom is -0.497 e. The van der Waals surface area contributed by atoms with Crippen molar-refractivity contribution in [3.8, 4) is 11.5 Å². The predicted octanol–water partition coefficient (Wildman–Crippen LogP) is 9.48. The van der Waals surface area contributed by atoms with E-state index in [9.17, 15) is 13.2 Å². The number of carbonyl (C=O) groups excluding carboxylic acids is 1. The molecule has 0 aliphatic carbocycles. The molecular weight excluding hydrogens is 775 g/mol. The molecular formula is C48H56N5O6S. The summed E-state index contributed by atoms with van der Waals surface area (Å²) in [5.41, 5.74) is 3.87. The fourth-order valence-corrected chi connectivity index (χ4v) is 8.44. The van der Waals surface area contributed by atoms with Crippen LogP contribution in [0.1, 0.15) is 55.2 Å². The fourth-order valence-electron chi connectivity index (χ4n) is 7.36. The molecule has 0 spiro atoms. The van der Waals surface area contributed by atoms with E-state index in [0.29, 0.717) is 63.2 Å². The second-order valence-corrected chi connectivity index (χ2v) is 17.3. The number of hydrogen-bond donors (Lipinski definition) is 1. The molecule has 0 unspecified atom stereocenters. The van der Waals surface area contributed by atoms with Crippen molar-refractivity contribution in [1.82, 2.24) is 9.62 Å². The van der Waals surface area contributed by atoms with E-state index in [-0.39, 0.29) is 17.3 Å². The molecule has 0 aromatic heterocycles. The maximum atomic E-state index is 13.3. The van der Waals surface area contributed by atoms with E-state index in [1.165, 1.54) is 12.1 Å². The van der Waals surface area contributed by atoms with Gasteiger partial charge in [0.05, 0.1) is 37.1 Å². The number of nitrogens with one attached hydrogen (secondary N) is 1. The monoisotopic (exact) mass is 830 g/mol. The molecule has 5 aromatic rings. The van der Waals surface area contributed by atoms with Gasteiger partial charge in [0, 0.05) is 45.8 Å². The zero-order valence-corrected chi connectivity index (χ0v) is 35.9. The van der Waals surface area contributed by atoms with Gasteiger partial charge in [-0.2, -0.15) is 10.2 Å². The predicted molar refractivity (Wildman–Crippen MR) is 237 cm³/mol. The van der Waals surface area contributed by atoms with Crippen LogP contribution in [-0.4, -0.2) is 73.8 Å². The van der Waals surface area contributed by atoms with Crippen LogP contribution >= 0.6 is 0 Å². The molecule has 1 fully saturated rings. The lowest BCUT2D eigenvalue weighted by atomic mass is 9.78. The van der Waals surface area contributed by atoms with E-state index < -0.39 is 21.0 Å². The maximum absolute atomic E-state index is 13.3. The Balaban J connectivity index is 0.976. The molecule has 12 heteroatoms. The van der Waals surface area contributed by atoms with Gasteiger partial charge in [-0.3, -0.25) is 4.79 Å². The Kier molecular flexibility index (Phi) is 14.8. The number of azo groups is 1. The number of unbranched alkanes of at least 4 members (excludes halogenated alkanes) is 2. The Labute approximate surface area is 355 Å². The van der Waals surface area contributed by atoms with Gasteiger partial charge < -0.3 is 24.0 Å². The highest BCUT2D eigenvalue weighted by molar-refractivity contribution is 7.89. The third kappa shape index (κ3) is 11.0. The van der Waals surface area contributed by atoms with Crippen LogP contribution < -0.4 is 19.1 Å². The van der Waals surface area contributed by atoms with Gasteiger partial charge in [0.2, 0.25) is 15.9 Å². The van der Waals surface area contributed by atoms with E-state index in [0.717, 1.165) is 40.3 Å². The van der Waals surface area contributed by atoms with Crippen LogP contribution in [0.2, 0.25) is 0 Å². The first-order chi connectivity index (χ1) is 28.9. The largest absolute Gasteiger partial charge is 0.497 e. The molecule has 1 radical (unpaired) electrons. The standard InChI is InChI=1S/C48H56N5O6S/c1-47(36-59-48(37-12-8-6-9-13-37,38-15-25-43(57-4)26-16-38)39-17-27-44(58-5)28-18-39)31-34-53(35-32-47)46(54)14-10-7-11-33-49-60(55,56)45-29-21-41(22-30-45)51-50-40-19-23-42(24-20-40)52(2)3/h6,8-9,12-13,15-30,49H,1,7,10-11,14,31-36H2,2-5H3/b51-50+. The van der Waals surface area contributed by atoms with Crippen molar-refractivity contribution in [2.75, 3.05) is 59.5 Å². The topological polar surface area (TPSA) is 122 Å². The number of amides is 1. The number of hydrogen-bond acceptors (Lipinski definition) is 9. The number of benzene rings is 5. The van der Waals surface area contributed by atoms with Gasteiger partial charge in [-0.25, -0.2) is 13.1 Å². The number of nitrogens with zero attached hydrogens (tertiary/aromatic N) is 4. The number of anilines is 1. The average molecular weight is 831 g/mol. The second kappa shape index (κ2) is 20.1. The zero-order chi connectivity index (χ0) is 42.6. The van der Waals surface area contributed by atoms with Crippen molar-refractivity contribution in [2.24, 2.45) is 15.6 Å². The Morgan fingerprint density at radius 3 is 1.77 bits per heavy atom. The van der Waals surface area contributed by atoms with Crippen LogP contribution in [0.5, 0.6) is 11.5 Å². The van der Waals surface area contributed by atoms with E-state index in [1.54, 1.807) is 26.4 Å². The highest BCUT2D eigenvalue weighted by atomic mass is 32.2. The third-order valence-electron chi connectivity index (χ3n) is 11.1. The van der Waals surface area contributed by atoms with E-state index in [4.69, 9.17) is 14.2 Å². The molecule has 0 saturated carbocycles. The molecule has 1 aliphatic rings. The molecule has 0 bridgehead atoms. The van der Waals surface area contributed by atoms with Crippen LogP contribution in [0.15, 0.2) is 143 Å². The SMILES string of the molecule is [CH2]C1(COC(c2ccccc2)(c2ccc(OC)cc2)c2ccc(OC)cc2)CCN(C(=O)CCCCCNS(=O)(=O)c2ccc(/N=N/c3ccc(N(C)C)cc3)cc2)CC1. The first kappa shape index (κ1) is 44.0. The average Bonchev–Trinajstić information content (AvgIpc) is 3.28. The summed E-state index contributed by atoms with van der Waals surface area (Å²) in [6, 6.07) is 40.2. The molecule has 1 amide bonds. The lowest BCUT2D eigenvalue weighted by Gasteiger charge is -2.43. The molecule has 6 rings (SSSR count). The smallest absolute Gasteiger partial charge is 0.240 e. The Bertz CT molecular complexity index is 2210. The summed E-state index contributed by atoms with van der Waals surface area (Å²) in [7, 11) is 3.56. The molecule has 1 aliphatic heterocycles. The molecule has 1 saturated heterocycles. The summed E-state index contributed by atoms with van der Waals surface area (Å²) in [5.74, 6) is 1.62. The third-order valence-corrected chi connectivity index (χ3v) is 12.6. The van der Waals surface area contributed by atoms with Crippen molar-refractivity contribution >= 4 is 33.0 Å². The highest BCUT2D eigenvalue weighted by Gasteiger charge is 2.41. The van der Waals surface area contributed by atoms with Gasteiger partial charge in [0.1, 0.15) is 17.1 Å². The number of carbonyl (C=O) groups is 1. The minimum atomic E-state index is -3.68. The number of piperidine rings is 1. The summed E-state index contributed by atoms with van der Waals surface area (Å²) in [5, 5.41) is 8.48. The lowest BCUT2D eigenvalue weighted by Crippen LogP contribution is -2.45. The van der Waals surface area contributed by atoms with Gasteiger partial charge in [-0.15, -0.1) is 0 Å². The zero-order valence-electron chi connectivity index (χ0n) is 35.0. The fraction of sp³-hybridized carbons (Fsp3) is 0.333. The number of methoxy groups -OCH3 is 2. The number of ether oxygens (including phenoxy) is 3. The van der Waals surface area contributed by atoms with Crippen LogP contribution in [-0.2, 0) is 25.2 Å².